The van der Waals surface area contributed by atoms with Gasteiger partial charge < -0.3 is 14.6 Å². The Morgan fingerprint density at radius 3 is 2.44 bits per heavy atom. The van der Waals surface area contributed by atoms with E-state index < -0.39 is 23.1 Å². The van der Waals surface area contributed by atoms with E-state index in [1.807, 2.05) is 30.3 Å². The molecule has 0 saturated carbocycles. The second-order valence-electron chi connectivity index (χ2n) is 8.36. The molecule has 9 heteroatoms. The van der Waals surface area contributed by atoms with E-state index in [-0.39, 0.29) is 31.7 Å². The Bertz CT molecular complexity index is 1190. The maximum atomic E-state index is 13.9. The molecular weight excluding hydrogens is 468 g/mol. The molecule has 1 aliphatic heterocycles. The van der Waals surface area contributed by atoms with Crippen molar-refractivity contribution in [3.8, 4) is 5.75 Å². The number of amides is 1. The number of aliphatic hydroxyl groups excluding tert-OH is 1. The van der Waals surface area contributed by atoms with Crippen molar-refractivity contribution in [2.75, 3.05) is 19.8 Å². The van der Waals surface area contributed by atoms with E-state index in [0.29, 0.717) is 30.2 Å². The Kier molecular flexibility index (Phi) is 8.24. The van der Waals surface area contributed by atoms with Gasteiger partial charge in [-0.15, -0.1) is 0 Å². The van der Waals surface area contributed by atoms with Crippen LogP contribution in [0, 0.1) is 11.6 Å². The van der Waals surface area contributed by atoms with Gasteiger partial charge >= 0.3 is 0 Å². The molecule has 7 nitrogen and oxygen atoms in total. The highest BCUT2D eigenvalue weighted by molar-refractivity contribution is 6.00. The molecule has 36 heavy (non-hydrogen) atoms. The number of carbonyl (C=O) groups is 1. The Balaban J connectivity index is 1.51. The molecule has 0 fully saturated rings. The molecule has 0 saturated heterocycles. The van der Waals surface area contributed by atoms with E-state index in [1.165, 1.54) is 6.07 Å². The number of hydrazine groups is 1. The first kappa shape index (κ1) is 25.3. The van der Waals surface area contributed by atoms with Crippen molar-refractivity contribution in [1.29, 1.82) is 0 Å². The normalized spacial score (nSPS) is 16.8. The van der Waals surface area contributed by atoms with Gasteiger partial charge in [0.15, 0.2) is 5.54 Å². The van der Waals surface area contributed by atoms with Crippen LogP contribution in [0.3, 0.4) is 0 Å². The lowest BCUT2D eigenvalue weighted by atomic mass is 9.91. The number of nitrogens with zero attached hydrogens (tertiary/aromatic N) is 1. The van der Waals surface area contributed by atoms with Crippen LogP contribution >= 0.6 is 0 Å². The summed E-state index contributed by atoms with van der Waals surface area (Å²) in [5.74, 6) is -0.943. The summed E-state index contributed by atoms with van der Waals surface area (Å²) in [4.78, 5) is 18.0. The summed E-state index contributed by atoms with van der Waals surface area (Å²) in [5, 5.41) is 8.89. The standard InChI is InChI=1S/C27H27F2N3O4/c28-23-8-4-9-24(29)22(23)17-30-32-26(34)27(16-19-6-2-1-3-7-19)18-36-25(31-27)20-10-12-21(13-11-20)35-15-5-14-33/h1-4,6-13,30,33H,5,14-18H2,(H,32,34)/t27-/m0/s1. The topological polar surface area (TPSA) is 92.2 Å². The van der Waals surface area contributed by atoms with Gasteiger partial charge in [0.25, 0.3) is 5.91 Å². The zero-order valence-electron chi connectivity index (χ0n) is 19.5. The average molecular weight is 496 g/mol. The molecule has 0 aliphatic carbocycles. The fourth-order valence-corrected chi connectivity index (χ4v) is 3.79. The van der Waals surface area contributed by atoms with Crippen molar-refractivity contribution < 1.29 is 28.2 Å². The molecule has 1 atom stereocenters. The molecule has 3 aromatic rings. The van der Waals surface area contributed by atoms with Crippen LogP contribution in [0.2, 0.25) is 0 Å². The van der Waals surface area contributed by atoms with Gasteiger partial charge in [0, 0.05) is 37.1 Å². The fourth-order valence-electron chi connectivity index (χ4n) is 3.79. The van der Waals surface area contributed by atoms with Crippen LogP contribution in [0.15, 0.2) is 77.8 Å². The summed E-state index contributed by atoms with van der Waals surface area (Å²) in [5.41, 5.74) is 5.26. The van der Waals surface area contributed by atoms with Crippen molar-refractivity contribution in [3.63, 3.8) is 0 Å². The van der Waals surface area contributed by atoms with Crippen LogP contribution in [-0.2, 0) is 22.5 Å². The second-order valence-corrected chi connectivity index (χ2v) is 8.36. The summed E-state index contributed by atoms with van der Waals surface area (Å²) < 4.78 is 39.3. The Morgan fingerprint density at radius 2 is 1.75 bits per heavy atom. The van der Waals surface area contributed by atoms with E-state index in [0.717, 1.165) is 17.7 Å². The van der Waals surface area contributed by atoms with Gasteiger partial charge in [-0.2, -0.15) is 0 Å². The van der Waals surface area contributed by atoms with Gasteiger partial charge in [0.2, 0.25) is 5.90 Å². The molecule has 0 unspecified atom stereocenters. The number of rotatable bonds is 11. The molecular formula is C27H27F2N3O4. The Labute approximate surface area is 207 Å². The fraction of sp³-hybridized carbons (Fsp3) is 0.259. The largest absolute Gasteiger partial charge is 0.494 e. The Morgan fingerprint density at radius 1 is 1.03 bits per heavy atom. The lowest BCUT2D eigenvalue weighted by Crippen LogP contribution is -2.52. The van der Waals surface area contributed by atoms with Crippen molar-refractivity contribution in [1.82, 2.24) is 10.9 Å². The molecule has 1 aliphatic rings. The molecule has 1 amide bonds. The van der Waals surface area contributed by atoms with E-state index in [2.05, 4.69) is 15.8 Å². The maximum Gasteiger partial charge on any atom is 0.266 e. The minimum atomic E-state index is -1.28. The summed E-state index contributed by atoms with van der Waals surface area (Å²) in [6.07, 6.45) is 0.799. The van der Waals surface area contributed by atoms with E-state index in [1.54, 1.807) is 24.3 Å². The molecule has 4 rings (SSSR count). The predicted molar refractivity (Wildman–Crippen MR) is 130 cm³/mol. The lowest BCUT2D eigenvalue weighted by molar-refractivity contribution is -0.127. The van der Waals surface area contributed by atoms with Gasteiger partial charge in [0.05, 0.1) is 6.61 Å². The summed E-state index contributed by atoms with van der Waals surface area (Å²) >= 11 is 0. The molecule has 3 N–H and O–H groups in total. The van der Waals surface area contributed by atoms with Crippen LogP contribution in [0.25, 0.3) is 0 Å². The Hall–Kier alpha value is -3.82. The third-order valence-corrected chi connectivity index (χ3v) is 5.73. The molecule has 1 heterocycles. The third kappa shape index (κ3) is 6.05. The highest BCUT2D eigenvalue weighted by Gasteiger charge is 2.44. The number of aliphatic hydroxyl groups is 1. The molecule has 3 aromatic carbocycles. The molecule has 0 radical (unpaired) electrons. The van der Waals surface area contributed by atoms with Gasteiger partial charge in [-0.1, -0.05) is 36.4 Å². The minimum absolute atomic E-state index is 0.00640. The highest BCUT2D eigenvalue weighted by Crippen LogP contribution is 2.27. The van der Waals surface area contributed by atoms with Gasteiger partial charge in [0.1, 0.15) is 24.0 Å². The number of benzene rings is 3. The van der Waals surface area contributed by atoms with Gasteiger partial charge in [-0.3, -0.25) is 10.2 Å². The monoisotopic (exact) mass is 495 g/mol. The SMILES string of the molecule is O=C(NNCc1c(F)cccc1F)[C@]1(Cc2ccccc2)COC(c2ccc(OCCCO)cc2)=N1. The van der Waals surface area contributed by atoms with Crippen molar-refractivity contribution >= 4 is 11.8 Å². The van der Waals surface area contributed by atoms with Crippen LogP contribution in [-0.4, -0.2) is 42.3 Å². The van der Waals surface area contributed by atoms with E-state index >= 15 is 0 Å². The number of nitrogens with one attached hydrogen (secondary N) is 2. The first-order valence-corrected chi connectivity index (χ1v) is 11.6. The predicted octanol–water partition coefficient (Wildman–Crippen LogP) is 3.31. The van der Waals surface area contributed by atoms with Crippen LogP contribution < -0.4 is 15.6 Å². The molecule has 0 bridgehead atoms. The number of ether oxygens (including phenoxy) is 2. The molecule has 188 valence electrons. The lowest BCUT2D eigenvalue weighted by Gasteiger charge is -2.23. The smallest absolute Gasteiger partial charge is 0.266 e. The zero-order chi connectivity index (χ0) is 25.4. The maximum absolute atomic E-state index is 13.9. The quantitative estimate of drug-likeness (QED) is 0.281. The first-order chi connectivity index (χ1) is 17.5. The summed E-state index contributed by atoms with van der Waals surface area (Å²) in [7, 11) is 0. The summed E-state index contributed by atoms with van der Waals surface area (Å²) in [6.45, 7) is 0.212. The molecule has 0 aromatic heterocycles. The number of hydrogen-bond acceptors (Lipinski definition) is 6. The third-order valence-electron chi connectivity index (χ3n) is 5.73. The zero-order valence-corrected chi connectivity index (χ0v) is 19.5. The van der Waals surface area contributed by atoms with Crippen molar-refractivity contribution in [2.45, 2.75) is 24.9 Å². The van der Waals surface area contributed by atoms with E-state index in [9.17, 15) is 13.6 Å². The number of hydrogen-bond donors (Lipinski definition) is 3. The van der Waals surface area contributed by atoms with Crippen LogP contribution in [0.4, 0.5) is 8.78 Å². The first-order valence-electron chi connectivity index (χ1n) is 11.6. The highest BCUT2D eigenvalue weighted by atomic mass is 19.1. The number of carbonyl (C=O) groups excluding carboxylic acids is 1. The van der Waals surface area contributed by atoms with Gasteiger partial charge in [-0.25, -0.2) is 19.2 Å². The van der Waals surface area contributed by atoms with Crippen molar-refractivity contribution in [3.05, 3.63) is 101 Å². The minimum Gasteiger partial charge on any atom is -0.494 e. The number of aliphatic imine (C=N–C) groups is 1. The second kappa shape index (κ2) is 11.7. The summed E-state index contributed by atoms with van der Waals surface area (Å²) in [6, 6.07) is 20.1. The van der Waals surface area contributed by atoms with E-state index in [4.69, 9.17) is 14.6 Å². The van der Waals surface area contributed by atoms with Crippen molar-refractivity contribution in [2.24, 2.45) is 4.99 Å². The number of halogens is 2. The van der Waals surface area contributed by atoms with Crippen LogP contribution in [0.1, 0.15) is 23.1 Å². The molecule has 0 spiro atoms. The van der Waals surface area contributed by atoms with Crippen LogP contribution in [0.5, 0.6) is 5.75 Å². The van der Waals surface area contributed by atoms with Gasteiger partial charge in [-0.05, 0) is 42.0 Å². The average Bonchev–Trinajstić information content (AvgIpc) is 3.32.